The number of aromatic nitrogens is 2. The molecule has 4 rings (SSSR count). The minimum absolute atomic E-state index is 0.117. The molecule has 0 spiro atoms. The van der Waals surface area contributed by atoms with Gasteiger partial charge in [-0.15, -0.1) is 0 Å². The molecule has 0 atom stereocenters. The third-order valence-electron chi connectivity index (χ3n) is 5.86. The molecule has 3 aromatic carbocycles. The Hall–Kier alpha value is -4.30. The van der Waals surface area contributed by atoms with Gasteiger partial charge in [0, 0.05) is 28.9 Å². The van der Waals surface area contributed by atoms with E-state index in [-0.39, 0.29) is 18.5 Å². The normalized spacial score (nSPS) is 10.6. The van der Waals surface area contributed by atoms with Gasteiger partial charge in [0.1, 0.15) is 18.1 Å². The van der Waals surface area contributed by atoms with E-state index in [4.69, 9.17) is 21.4 Å². The van der Waals surface area contributed by atoms with Crippen molar-refractivity contribution >= 4 is 35.0 Å². The standard InChI is InChI=1S/C29H30ClN5O3/c1-3-4-18-34(29(37)31-23-12-10-22(30)11-13-23)20-28(36)32-27-19-26(21-8-6-5-7-9-21)33-35(27)24-14-16-25(38-2)17-15-24/h5-17,19H,3-4,18,20H2,1-2H3,(H,31,37)(H,32,36). The highest BCUT2D eigenvalue weighted by Crippen LogP contribution is 2.26. The number of nitrogens with zero attached hydrogens (tertiary/aromatic N) is 3. The molecule has 0 radical (unpaired) electrons. The number of rotatable bonds is 10. The van der Waals surface area contributed by atoms with Crippen LogP contribution in [-0.4, -0.2) is 46.8 Å². The first-order chi connectivity index (χ1) is 18.5. The van der Waals surface area contributed by atoms with E-state index < -0.39 is 0 Å². The average Bonchev–Trinajstić information content (AvgIpc) is 3.36. The van der Waals surface area contributed by atoms with Crippen molar-refractivity contribution in [3.8, 4) is 22.7 Å². The molecular weight excluding hydrogens is 502 g/mol. The van der Waals surface area contributed by atoms with Crippen LogP contribution in [0.5, 0.6) is 5.75 Å². The van der Waals surface area contributed by atoms with Crippen LogP contribution in [0.4, 0.5) is 16.3 Å². The number of methoxy groups -OCH3 is 1. The van der Waals surface area contributed by atoms with Crippen molar-refractivity contribution in [3.63, 3.8) is 0 Å². The van der Waals surface area contributed by atoms with Gasteiger partial charge < -0.3 is 20.3 Å². The Labute approximate surface area is 227 Å². The number of urea groups is 1. The summed E-state index contributed by atoms with van der Waals surface area (Å²) in [6.45, 7) is 2.36. The highest BCUT2D eigenvalue weighted by molar-refractivity contribution is 6.30. The molecule has 0 aliphatic rings. The minimum atomic E-state index is -0.357. The van der Waals surface area contributed by atoms with E-state index in [1.54, 1.807) is 36.1 Å². The molecule has 0 bridgehead atoms. The van der Waals surface area contributed by atoms with Crippen LogP contribution in [0.25, 0.3) is 16.9 Å². The Morgan fingerprint density at radius 2 is 1.68 bits per heavy atom. The van der Waals surface area contributed by atoms with Crippen LogP contribution in [0.2, 0.25) is 5.02 Å². The molecule has 196 valence electrons. The predicted molar refractivity (Wildman–Crippen MR) is 151 cm³/mol. The molecule has 3 amide bonds. The van der Waals surface area contributed by atoms with Gasteiger partial charge in [-0.25, -0.2) is 9.48 Å². The van der Waals surface area contributed by atoms with Gasteiger partial charge in [-0.05, 0) is 55.0 Å². The number of carbonyl (C=O) groups excluding carboxylic acids is 2. The van der Waals surface area contributed by atoms with Crippen LogP contribution >= 0.6 is 11.6 Å². The van der Waals surface area contributed by atoms with E-state index in [1.165, 1.54) is 4.90 Å². The summed E-state index contributed by atoms with van der Waals surface area (Å²) in [7, 11) is 1.61. The second kappa shape index (κ2) is 12.8. The zero-order chi connectivity index (χ0) is 26.9. The van der Waals surface area contributed by atoms with E-state index in [2.05, 4.69) is 10.6 Å². The van der Waals surface area contributed by atoms with E-state index in [0.717, 1.165) is 24.1 Å². The fourth-order valence-electron chi connectivity index (χ4n) is 3.83. The predicted octanol–water partition coefficient (Wildman–Crippen LogP) is 6.47. The molecule has 0 aliphatic carbocycles. The molecular formula is C29H30ClN5O3. The van der Waals surface area contributed by atoms with Crippen molar-refractivity contribution < 1.29 is 14.3 Å². The molecule has 4 aromatic rings. The van der Waals surface area contributed by atoms with Crippen molar-refractivity contribution in [1.82, 2.24) is 14.7 Å². The highest BCUT2D eigenvalue weighted by atomic mass is 35.5. The van der Waals surface area contributed by atoms with E-state index in [9.17, 15) is 9.59 Å². The zero-order valence-electron chi connectivity index (χ0n) is 21.4. The molecule has 38 heavy (non-hydrogen) atoms. The number of hydrogen-bond donors (Lipinski definition) is 2. The Balaban J connectivity index is 1.55. The first-order valence-corrected chi connectivity index (χ1v) is 12.8. The number of amides is 3. The number of hydrogen-bond acceptors (Lipinski definition) is 4. The topological polar surface area (TPSA) is 88.5 Å². The quantitative estimate of drug-likeness (QED) is 0.245. The van der Waals surface area contributed by atoms with Gasteiger partial charge in [0.2, 0.25) is 5.91 Å². The fraction of sp³-hybridized carbons (Fsp3) is 0.207. The van der Waals surface area contributed by atoms with Gasteiger partial charge in [0.05, 0.1) is 18.5 Å². The highest BCUT2D eigenvalue weighted by Gasteiger charge is 2.20. The molecule has 0 saturated heterocycles. The maximum atomic E-state index is 13.2. The fourth-order valence-corrected chi connectivity index (χ4v) is 3.96. The van der Waals surface area contributed by atoms with Gasteiger partial charge in [-0.1, -0.05) is 55.3 Å². The molecule has 2 N–H and O–H groups in total. The number of halogens is 1. The summed E-state index contributed by atoms with van der Waals surface area (Å²) < 4.78 is 6.94. The van der Waals surface area contributed by atoms with Crippen molar-refractivity contribution in [2.45, 2.75) is 19.8 Å². The first-order valence-electron chi connectivity index (χ1n) is 12.4. The lowest BCUT2D eigenvalue weighted by atomic mass is 10.1. The maximum absolute atomic E-state index is 13.2. The molecule has 0 fully saturated rings. The van der Waals surface area contributed by atoms with Gasteiger partial charge in [-0.2, -0.15) is 5.10 Å². The Bertz CT molecular complexity index is 1360. The molecule has 0 saturated carbocycles. The van der Waals surface area contributed by atoms with Gasteiger partial charge >= 0.3 is 6.03 Å². The van der Waals surface area contributed by atoms with Crippen LogP contribution < -0.4 is 15.4 Å². The van der Waals surface area contributed by atoms with Crippen LogP contribution in [0, 0.1) is 0 Å². The summed E-state index contributed by atoms with van der Waals surface area (Å²) >= 11 is 5.95. The zero-order valence-corrected chi connectivity index (χ0v) is 22.1. The van der Waals surface area contributed by atoms with Crippen LogP contribution in [-0.2, 0) is 4.79 Å². The van der Waals surface area contributed by atoms with Crippen LogP contribution in [0.1, 0.15) is 19.8 Å². The molecule has 1 heterocycles. The number of unbranched alkanes of at least 4 members (excludes halogenated alkanes) is 1. The van der Waals surface area contributed by atoms with Crippen molar-refractivity contribution in [2.24, 2.45) is 0 Å². The second-order valence-electron chi connectivity index (χ2n) is 8.65. The van der Waals surface area contributed by atoms with Crippen molar-refractivity contribution in [2.75, 3.05) is 30.8 Å². The summed E-state index contributed by atoms with van der Waals surface area (Å²) in [6.07, 6.45) is 1.65. The number of benzene rings is 3. The molecule has 8 nitrogen and oxygen atoms in total. The van der Waals surface area contributed by atoms with E-state index >= 15 is 0 Å². The number of carbonyl (C=O) groups is 2. The monoisotopic (exact) mass is 531 g/mol. The molecule has 0 unspecified atom stereocenters. The van der Waals surface area contributed by atoms with E-state index in [0.29, 0.717) is 34.5 Å². The lowest BCUT2D eigenvalue weighted by molar-refractivity contribution is -0.116. The molecule has 0 aliphatic heterocycles. The SMILES string of the molecule is CCCCN(CC(=O)Nc1cc(-c2ccccc2)nn1-c1ccc(OC)cc1)C(=O)Nc1ccc(Cl)cc1. The Morgan fingerprint density at radius 3 is 2.34 bits per heavy atom. The Morgan fingerprint density at radius 1 is 0.974 bits per heavy atom. The maximum Gasteiger partial charge on any atom is 0.322 e. The van der Waals surface area contributed by atoms with Crippen molar-refractivity contribution in [1.29, 1.82) is 0 Å². The summed E-state index contributed by atoms with van der Waals surface area (Å²) in [5.41, 5.74) is 2.99. The summed E-state index contributed by atoms with van der Waals surface area (Å²) in [6, 6.07) is 25.4. The smallest absolute Gasteiger partial charge is 0.322 e. The van der Waals surface area contributed by atoms with Gasteiger partial charge in [-0.3, -0.25) is 4.79 Å². The largest absolute Gasteiger partial charge is 0.497 e. The molecule has 1 aromatic heterocycles. The summed E-state index contributed by atoms with van der Waals surface area (Å²) in [5.74, 6) is 0.877. The van der Waals surface area contributed by atoms with E-state index in [1.807, 2.05) is 67.6 Å². The number of ether oxygens (including phenoxy) is 1. The van der Waals surface area contributed by atoms with Gasteiger partial charge in [0.15, 0.2) is 0 Å². The summed E-state index contributed by atoms with van der Waals surface area (Å²) in [5, 5.41) is 11.1. The first kappa shape index (κ1) is 26.8. The average molecular weight is 532 g/mol. The second-order valence-corrected chi connectivity index (χ2v) is 9.09. The molecule has 9 heteroatoms. The van der Waals surface area contributed by atoms with Gasteiger partial charge in [0.25, 0.3) is 0 Å². The Kier molecular flexibility index (Phi) is 9.00. The summed E-state index contributed by atoms with van der Waals surface area (Å²) in [4.78, 5) is 27.7. The number of nitrogens with one attached hydrogen (secondary N) is 2. The van der Waals surface area contributed by atoms with Crippen LogP contribution in [0.3, 0.4) is 0 Å². The third-order valence-corrected chi connectivity index (χ3v) is 6.11. The lowest BCUT2D eigenvalue weighted by Crippen LogP contribution is -2.41. The van der Waals surface area contributed by atoms with Crippen LogP contribution in [0.15, 0.2) is 84.9 Å². The van der Waals surface area contributed by atoms with Crippen molar-refractivity contribution in [3.05, 3.63) is 90.0 Å². The third kappa shape index (κ3) is 6.92. The number of anilines is 2. The lowest BCUT2D eigenvalue weighted by Gasteiger charge is -2.22. The minimum Gasteiger partial charge on any atom is -0.497 e.